The molecule has 0 radical (unpaired) electrons. The fraction of sp³-hybridized carbons (Fsp3) is 0.0204. The van der Waals surface area contributed by atoms with Crippen molar-refractivity contribution in [3.8, 4) is 28.2 Å². The van der Waals surface area contributed by atoms with Crippen molar-refractivity contribution < 1.29 is 0 Å². The average molecular weight is 664 g/mol. The number of hydrogen-bond acceptors (Lipinski definition) is 0. The van der Waals surface area contributed by atoms with Gasteiger partial charge in [-0.2, -0.15) is 0 Å². The lowest BCUT2D eigenvalue weighted by Gasteiger charge is -2.20. The van der Waals surface area contributed by atoms with E-state index < -0.39 is 0 Å². The van der Waals surface area contributed by atoms with Crippen molar-refractivity contribution in [3.05, 3.63) is 188 Å². The van der Waals surface area contributed by atoms with Crippen molar-refractivity contribution in [2.24, 2.45) is 0 Å². The molecule has 52 heavy (non-hydrogen) atoms. The molecule has 0 saturated carbocycles. The highest BCUT2D eigenvalue weighted by molar-refractivity contribution is 6.17. The average Bonchev–Trinajstić information content (AvgIpc) is 3.84. The van der Waals surface area contributed by atoms with Gasteiger partial charge in [-0.05, 0) is 78.2 Å². The summed E-state index contributed by atoms with van der Waals surface area (Å²) in [4.78, 5) is 0. The minimum atomic E-state index is 1.17. The Morgan fingerprint density at radius 3 is 1.15 bits per heavy atom. The first-order valence-electron chi connectivity index (χ1n) is 18.0. The van der Waals surface area contributed by atoms with E-state index in [0.717, 1.165) is 0 Å². The van der Waals surface area contributed by atoms with Crippen molar-refractivity contribution in [2.45, 2.75) is 6.92 Å². The lowest BCUT2D eigenvalue weighted by Crippen LogP contribution is -2.04. The largest absolute Gasteiger partial charge is 0.309 e. The van der Waals surface area contributed by atoms with Gasteiger partial charge in [0.05, 0.1) is 50.2 Å². The van der Waals surface area contributed by atoms with E-state index in [-0.39, 0.29) is 0 Å². The number of para-hydroxylation sites is 5. The maximum Gasteiger partial charge on any atom is 0.0562 e. The molecule has 0 unspecified atom stereocenters. The number of aromatic nitrogens is 3. The van der Waals surface area contributed by atoms with E-state index in [4.69, 9.17) is 0 Å². The molecule has 8 aromatic carbocycles. The molecule has 0 atom stereocenters. The number of fused-ring (bicyclic) bond motifs is 9. The van der Waals surface area contributed by atoms with Crippen LogP contribution in [0.1, 0.15) is 5.56 Å². The van der Waals surface area contributed by atoms with Crippen molar-refractivity contribution >= 4 is 65.4 Å². The number of benzene rings is 8. The third-order valence-electron chi connectivity index (χ3n) is 11.0. The van der Waals surface area contributed by atoms with Crippen molar-refractivity contribution in [3.63, 3.8) is 0 Å². The molecule has 0 aliphatic rings. The van der Waals surface area contributed by atoms with Crippen LogP contribution in [0.2, 0.25) is 0 Å². The van der Waals surface area contributed by atoms with Crippen LogP contribution in [0.3, 0.4) is 0 Å². The third kappa shape index (κ3) is 4.02. The van der Waals surface area contributed by atoms with Gasteiger partial charge in [-0.15, -0.1) is 0 Å². The molecule has 0 aliphatic carbocycles. The van der Waals surface area contributed by atoms with Gasteiger partial charge in [0.2, 0.25) is 0 Å². The van der Waals surface area contributed by atoms with Gasteiger partial charge < -0.3 is 13.7 Å². The Kier molecular flexibility index (Phi) is 6.17. The van der Waals surface area contributed by atoms with E-state index in [1.165, 1.54) is 99.2 Å². The zero-order valence-corrected chi connectivity index (χ0v) is 28.7. The summed E-state index contributed by atoms with van der Waals surface area (Å²) in [7, 11) is 0. The molecule has 0 aliphatic heterocycles. The van der Waals surface area contributed by atoms with Crippen LogP contribution in [0.15, 0.2) is 182 Å². The summed E-state index contributed by atoms with van der Waals surface area (Å²) < 4.78 is 7.43. The second-order valence-electron chi connectivity index (χ2n) is 13.8. The first-order valence-corrected chi connectivity index (χ1v) is 18.0. The topological polar surface area (TPSA) is 14.8 Å². The van der Waals surface area contributed by atoms with Gasteiger partial charge in [0.15, 0.2) is 0 Å². The van der Waals surface area contributed by atoms with Crippen LogP contribution in [-0.4, -0.2) is 13.7 Å². The second kappa shape index (κ2) is 11.1. The molecular weight excluding hydrogens is 631 g/mol. The fourth-order valence-corrected chi connectivity index (χ4v) is 8.76. The van der Waals surface area contributed by atoms with E-state index in [9.17, 15) is 0 Å². The fourth-order valence-electron chi connectivity index (χ4n) is 8.76. The molecule has 0 spiro atoms. The SMILES string of the molecule is Cc1c(-n2c3ccccc3c3ccccc32)cc(-c2ccccc2)cc1-n1c2ccccc2c2c(-n3c4ccccc4c4ccccc43)cccc21. The van der Waals surface area contributed by atoms with Gasteiger partial charge in [-0.25, -0.2) is 0 Å². The minimum absolute atomic E-state index is 1.17. The summed E-state index contributed by atoms with van der Waals surface area (Å²) in [5.74, 6) is 0. The van der Waals surface area contributed by atoms with Gasteiger partial charge in [0, 0.05) is 32.3 Å². The van der Waals surface area contributed by atoms with E-state index >= 15 is 0 Å². The van der Waals surface area contributed by atoms with Crippen LogP contribution in [0.25, 0.3) is 93.6 Å². The summed E-state index contributed by atoms with van der Waals surface area (Å²) in [5, 5.41) is 7.53. The zero-order chi connectivity index (χ0) is 34.3. The first-order chi connectivity index (χ1) is 25.8. The van der Waals surface area contributed by atoms with Gasteiger partial charge in [-0.1, -0.05) is 127 Å². The van der Waals surface area contributed by atoms with Crippen LogP contribution < -0.4 is 0 Å². The molecule has 11 rings (SSSR count). The van der Waals surface area contributed by atoms with E-state index in [0.29, 0.717) is 0 Å². The van der Waals surface area contributed by atoms with Crippen LogP contribution in [0, 0.1) is 6.92 Å². The molecule has 3 nitrogen and oxygen atoms in total. The van der Waals surface area contributed by atoms with Crippen LogP contribution in [0.4, 0.5) is 0 Å². The van der Waals surface area contributed by atoms with Gasteiger partial charge in [-0.3, -0.25) is 0 Å². The maximum absolute atomic E-state index is 2.50. The molecule has 3 aromatic heterocycles. The normalized spacial score (nSPS) is 11.9. The van der Waals surface area contributed by atoms with Crippen LogP contribution in [-0.2, 0) is 0 Å². The minimum Gasteiger partial charge on any atom is -0.309 e. The lowest BCUT2D eigenvalue weighted by molar-refractivity contribution is 1.09. The predicted molar refractivity (Wildman–Crippen MR) is 220 cm³/mol. The standard InChI is InChI=1S/C49H33N3/c1-32-47(51-42-25-12-7-20-37(42)38-21-8-13-26-43(38)51)30-34(33-16-3-2-4-17-33)31-48(32)52-44-27-14-9-22-39(44)49-45(28-15-29-46(49)52)50-40-23-10-5-18-35(40)36-19-6-11-24-41(36)50/h2-31H,1H3. The van der Waals surface area contributed by atoms with Crippen LogP contribution in [0.5, 0.6) is 0 Å². The van der Waals surface area contributed by atoms with Crippen molar-refractivity contribution in [1.82, 2.24) is 13.7 Å². The highest BCUT2D eigenvalue weighted by Crippen LogP contribution is 2.43. The molecule has 0 saturated heterocycles. The molecule has 244 valence electrons. The summed E-state index contributed by atoms with van der Waals surface area (Å²) in [6.45, 7) is 2.29. The highest BCUT2D eigenvalue weighted by Gasteiger charge is 2.23. The second-order valence-corrected chi connectivity index (χ2v) is 13.8. The Hall–Kier alpha value is -6.84. The van der Waals surface area contributed by atoms with Gasteiger partial charge in [0.25, 0.3) is 0 Å². The molecule has 0 amide bonds. The predicted octanol–water partition coefficient (Wildman–Crippen LogP) is 13.0. The van der Waals surface area contributed by atoms with Crippen molar-refractivity contribution in [2.75, 3.05) is 0 Å². The lowest BCUT2D eigenvalue weighted by atomic mass is 10.00. The molecule has 3 heteroatoms. The molecule has 0 N–H and O–H groups in total. The number of rotatable bonds is 4. The Labute approximate surface area is 300 Å². The Morgan fingerprint density at radius 1 is 0.288 bits per heavy atom. The maximum atomic E-state index is 2.50. The van der Waals surface area contributed by atoms with Crippen molar-refractivity contribution in [1.29, 1.82) is 0 Å². The smallest absolute Gasteiger partial charge is 0.0562 e. The summed E-state index contributed by atoms with van der Waals surface area (Å²) in [5.41, 5.74) is 14.3. The number of nitrogens with zero attached hydrogens (tertiary/aromatic N) is 3. The molecule has 3 heterocycles. The Balaban J connectivity index is 1.28. The Bertz CT molecular complexity index is 3080. The van der Waals surface area contributed by atoms with Gasteiger partial charge in [0.1, 0.15) is 0 Å². The van der Waals surface area contributed by atoms with Gasteiger partial charge >= 0.3 is 0 Å². The molecule has 0 bridgehead atoms. The highest BCUT2D eigenvalue weighted by atomic mass is 15.0. The summed E-state index contributed by atoms with van der Waals surface area (Å²) in [6, 6.07) is 66.4. The van der Waals surface area contributed by atoms with E-state index in [2.05, 4.69) is 203 Å². The zero-order valence-electron chi connectivity index (χ0n) is 28.7. The first kappa shape index (κ1) is 28.9. The van der Waals surface area contributed by atoms with E-state index in [1.54, 1.807) is 0 Å². The number of hydrogen-bond donors (Lipinski definition) is 0. The summed E-state index contributed by atoms with van der Waals surface area (Å²) in [6.07, 6.45) is 0. The van der Waals surface area contributed by atoms with E-state index in [1.807, 2.05) is 0 Å². The van der Waals surface area contributed by atoms with Crippen LogP contribution >= 0.6 is 0 Å². The quantitative estimate of drug-likeness (QED) is 0.178. The summed E-state index contributed by atoms with van der Waals surface area (Å²) >= 11 is 0. The Morgan fingerprint density at radius 2 is 0.654 bits per heavy atom. The molecule has 0 fully saturated rings. The monoisotopic (exact) mass is 663 g/mol. The third-order valence-corrected chi connectivity index (χ3v) is 11.0. The molecular formula is C49H33N3. The molecule has 11 aromatic rings.